The summed E-state index contributed by atoms with van der Waals surface area (Å²) in [6, 6.07) is 0. The minimum atomic E-state index is 0.0125. The Hall–Kier alpha value is -1.73. The van der Waals surface area contributed by atoms with E-state index in [9.17, 15) is 9.59 Å². The Morgan fingerprint density at radius 3 is 2.63 bits per heavy atom. The number of nitrogens with one attached hydrogen (secondary N) is 1. The van der Waals surface area contributed by atoms with E-state index in [2.05, 4.69) is 30.7 Å². The van der Waals surface area contributed by atoms with Gasteiger partial charge in [-0.15, -0.1) is 11.3 Å². The molecule has 2 aliphatic rings. The van der Waals surface area contributed by atoms with Crippen LogP contribution in [-0.4, -0.2) is 51.9 Å². The molecule has 1 saturated heterocycles. The Morgan fingerprint density at radius 2 is 1.97 bits per heavy atom. The summed E-state index contributed by atoms with van der Waals surface area (Å²) in [4.78, 5) is 39.4. The largest absolute Gasteiger partial charge is 0.340 e. The highest BCUT2D eigenvalue weighted by molar-refractivity contribution is 7.18. The Kier molecular flexibility index (Phi) is 6.04. The Bertz CT molecular complexity index is 979. The van der Waals surface area contributed by atoms with Crippen LogP contribution in [0, 0.1) is 11.3 Å². The summed E-state index contributed by atoms with van der Waals surface area (Å²) in [5.74, 6) is 1.65. The van der Waals surface area contributed by atoms with Gasteiger partial charge in [0.15, 0.2) is 0 Å². The van der Waals surface area contributed by atoms with E-state index < -0.39 is 0 Å². The number of aryl methyl sites for hydroxylation is 1. The molecule has 0 aromatic carbocycles. The molecule has 1 aliphatic heterocycles. The molecule has 0 spiro atoms. The number of aromatic nitrogens is 2. The number of rotatable bonds is 4. The third-order valence-corrected chi connectivity index (χ3v) is 7.90. The highest BCUT2D eigenvalue weighted by atomic mass is 32.1. The van der Waals surface area contributed by atoms with E-state index in [1.54, 1.807) is 11.3 Å². The predicted molar refractivity (Wildman–Crippen MR) is 122 cm³/mol. The molecule has 0 saturated carbocycles. The Morgan fingerprint density at radius 1 is 1.23 bits per heavy atom. The predicted octanol–water partition coefficient (Wildman–Crippen LogP) is 3.58. The molecule has 2 aromatic rings. The molecular weight excluding hydrogens is 396 g/mol. The third kappa shape index (κ3) is 4.33. The summed E-state index contributed by atoms with van der Waals surface area (Å²) in [6.07, 6.45) is 4.71. The van der Waals surface area contributed by atoms with Gasteiger partial charge in [-0.2, -0.15) is 0 Å². The molecule has 1 fully saturated rings. The summed E-state index contributed by atoms with van der Waals surface area (Å²) < 4.78 is 0. The molecule has 7 heteroatoms. The molecule has 2 aromatic heterocycles. The molecule has 0 bridgehead atoms. The van der Waals surface area contributed by atoms with E-state index in [-0.39, 0.29) is 11.5 Å². The maximum absolute atomic E-state index is 12.9. The van der Waals surface area contributed by atoms with Gasteiger partial charge in [-0.05, 0) is 42.6 Å². The van der Waals surface area contributed by atoms with Crippen molar-refractivity contribution in [1.82, 2.24) is 19.8 Å². The molecular formula is C23H34N4O2S. The van der Waals surface area contributed by atoms with E-state index >= 15 is 0 Å². The lowest BCUT2D eigenvalue weighted by atomic mass is 9.72. The molecule has 6 nitrogen and oxygen atoms in total. The van der Waals surface area contributed by atoms with Gasteiger partial charge in [0.2, 0.25) is 5.91 Å². The van der Waals surface area contributed by atoms with Crippen LogP contribution in [0.3, 0.4) is 0 Å². The van der Waals surface area contributed by atoms with E-state index in [1.165, 1.54) is 10.4 Å². The number of nitrogens with zero attached hydrogens (tertiary/aromatic N) is 3. The number of carbonyl (C=O) groups excluding carboxylic acids is 1. The van der Waals surface area contributed by atoms with Gasteiger partial charge in [0.1, 0.15) is 10.7 Å². The molecule has 1 amide bonds. The highest BCUT2D eigenvalue weighted by Gasteiger charge is 2.31. The van der Waals surface area contributed by atoms with Gasteiger partial charge in [0, 0.05) is 37.5 Å². The summed E-state index contributed by atoms with van der Waals surface area (Å²) in [7, 11) is 0. The molecule has 1 atom stereocenters. The first kappa shape index (κ1) is 21.5. The second-order valence-corrected chi connectivity index (χ2v) is 11.0. The number of fused-ring (bicyclic) bond motifs is 3. The van der Waals surface area contributed by atoms with Crippen LogP contribution in [-0.2, 0) is 24.2 Å². The molecule has 164 valence electrons. The first-order valence-electron chi connectivity index (χ1n) is 11.3. The van der Waals surface area contributed by atoms with Crippen LogP contribution >= 0.6 is 11.3 Å². The SMILES string of the molecule is CCCC(=O)N1CCN(Cc2nc3sc4c(c3c(=O)[nH]2)CC[C@@H](C(C)(C)C)C4)CC1. The first-order valence-corrected chi connectivity index (χ1v) is 12.1. The van der Waals surface area contributed by atoms with Gasteiger partial charge in [-0.1, -0.05) is 27.7 Å². The number of thiophene rings is 1. The molecule has 3 heterocycles. The van der Waals surface area contributed by atoms with E-state index in [0.29, 0.717) is 24.3 Å². The molecule has 1 N–H and O–H groups in total. The topological polar surface area (TPSA) is 69.3 Å². The Labute approximate surface area is 182 Å². The molecule has 0 radical (unpaired) electrons. The molecule has 30 heavy (non-hydrogen) atoms. The normalized spacial score (nSPS) is 20.5. The lowest BCUT2D eigenvalue weighted by Crippen LogP contribution is -2.48. The first-order chi connectivity index (χ1) is 14.3. The van der Waals surface area contributed by atoms with Crippen molar-refractivity contribution in [3.05, 3.63) is 26.6 Å². The second kappa shape index (κ2) is 8.42. The molecule has 4 rings (SSSR count). The van der Waals surface area contributed by atoms with Gasteiger partial charge in [0.25, 0.3) is 5.56 Å². The van der Waals surface area contributed by atoms with Crippen molar-refractivity contribution < 1.29 is 4.79 Å². The number of aromatic amines is 1. The van der Waals surface area contributed by atoms with Gasteiger partial charge in [-0.3, -0.25) is 14.5 Å². The average Bonchev–Trinajstić information content (AvgIpc) is 3.06. The standard InChI is InChI=1S/C23H34N4O2S/c1-5-6-19(28)27-11-9-26(10-12-27)14-18-24-21(29)20-16-8-7-15(23(2,3)4)13-17(16)30-22(20)25-18/h15H,5-14H2,1-4H3,(H,24,25,29)/t15-/m1/s1. The van der Waals surface area contributed by atoms with Gasteiger partial charge in [0.05, 0.1) is 11.9 Å². The summed E-state index contributed by atoms with van der Waals surface area (Å²) >= 11 is 1.72. The summed E-state index contributed by atoms with van der Waals surface area (Å²) in [5.41, 5.74) is 1.54. The number of hydrogen-bond donors (Lipinski definition) is 1. The van der Waals surface area contributed by atoms with Gasteiger partial charge < -0.3 is 9.88 Å². The zero-order valence-corrected chi connectivity index (χ0v) is 19.5. The lowest BCUT2D eigenvalue weighted by molar-refractivity contribution is -0.133. The van der Waals surface area contributed by atoms with E-state index in [1.807, 2.05) is 11.8 Å². The maximum Gasteiger partial charge on any atom is 0.259 e. The zero-order valence-electron chi connectivity index (χ0n) is 18.7. The highest BCUT2D eigenvalue weighted by Crippen LogP contribution is 2.41. The van der Waals surface area contributed by atoms with Crippen LogP contribution in [0.4, 0.5) is 0 Å². The van der Waals surface area contributed by atoms with Crippen LogP contribution in [0.15, 0.2) is 4.79 Å². The van der Waals surface area contributed by atoms with Crippen LogP contribution in [0.25, 0.3) is 10.2 Å². The molecule has 1 aliphatic carbocycles. The monoisotopic (exact) mass is 430 g/mol. The number of carbonyl (C=O) groups is 1. The van der Waals surface area contributed by atoms with Crippen molar-refractivity contribution in [3.8, 4) is 0 Å². The number of piperazine rings is 1. The third-order valence-electron chi connectivity index (χ3n) is 6.76. The molecule has 0 unspecified atom stereocenters. The minimum Gasteiger partial charge on any atom is -0.340 e. The smallest absolute Gasteiger partial charge is 0.259 e. The Balaban J connectivity index is 1.48. The van der Waals surface area contributed by atoms with Gasteiger partial charge >= 0.3 is 0 Å². The van der Waals surface area contributed by atoms with Crippen LogP contribution in [0.1, 0.15) is 63.2 Å². The van der Waals surface area contributed by atoms with Crippen molar-refractivity contribution in [3.63, 3.8) is 0 Å². The van der Waals surface area contributed by atoms with Crippen LogP contribution < -0.4 is 5.56 Å². The number of H-pyrrole nitrogens is 1. The summed E-state index contributed by atoms with van der Waals surface area (Å²) in [6.45, 7) is 12.8. The van der Waals surface area contributed by atoms with Crippen molar-refractivity contribution in [2.75, 3.05) is 26.2 Å². The van der Waals surface area contributed by atoms with Crippen molar-refractivity contribution in [1.29, 1.82) is 0 Å². The fourth-order valence-corrected chi connectivity index (χ4v) is 6.10. The van der Waals surface area contributed by atoms with Crippen LogP contribution in [0.2, 0.25) is 0 Å². The van der Waals surface area contributed by atoms with Crippen molar-refractivity contribution >= 4 is 27.5 Å². The fraction of sp³-hybridized carbons (Fsp3) is 0.696. The van der Waals surface area contributed by atoms with Crippen molar-refractivity contribution in [2.45, 2.75) is 66.3 Å². The zero-order chi connectivity index (χ0) is 21.5. The van der Waals surface area contributed by atoms with Crippen molar-refractivity contribution in [2.24, 2.45) is 11.3 Å². The second-order valence-electron chi connectivity index (χ2n) is 9.91. The van der Waals surface area contributed by atoms with E-state index in [4.69, 9.17) is 4.98 Å². The quantitative estimate of drug-likeness (QED) is 0.805. The summed E-state index contributed by atoms with van der Waals surface area (Å²) in [5, 5.41) is 0.820. The van der Waals surface area contributed by atoms with Gasteiger partial charge in [-0.25, -0.2) is 4.98 Å². The van der Waals surface area contributed by atoms with Crippen LogP contribution in [0.5, 0.6) is 0 Å². The number of amides is 1. The fourth-order valence-electron chi connectivity index (χ4n) is 4.78. The maximum atomic E-state index is 12.9. The van der Waals surface area contributed by atoms with E-state index in [0.717, 1.165) is 67.9 Å². The lowest BCUT2D eigenvalue weighted by Gasteiger charge is -2.34. The average molecular weight is 431 g/mol. The number of hydrogen-bond acceptors (Lipinski definition) is 5. The minimum absolute atomic E-state index is 0.0125.